The Balaban J connectivity index is 3.25. The first-order valence-electron chi connectivity index (χ1n) is 3.07. The summed E-state index contributed by atoms with van der Waals surface area (Å²) in [5.41, 5.74) is 2.54. The minimum atomic E-state index is 0.715. The molecule has 1 heterocycles. The lowest BCUT2D eigenvalue weighted by Crippen LogP contribution is -1.86. The molecular weight excluding hydrogens is 124 g/mol. The Morgan fingerprint density at radius 3 is 2.70 bits per heavy atom. The maximum Gasteiger partial charge on any atom is 0.0995 e. The first-order valence-corrected chi connectivity index (χ1v) is 3.07. The second-order valence-electron chi connectivity index (χ2n) is 2.25. The van der Waals surface area contributed by atoms with E-state index in [2.05, 4.69) is 11.1 Å². The van der Waals surface area contributed by atoms with Crippen LogP contribution in [0.2, 0.25) is 0 Å². The van der Waals surface area contributed by atoms with Crippen molar-refractivity contribution < 1.29 is 0 Å². The normalized spacial score (nSPS) is 8.90. The molecule has 2 nitrogen and oxygen atoms in total. The molecule has 0 saturated heterocycles. The van der Waals surface area contributed by atoms with E-state index in [0.29, 0.717) is 5.56 Å². The molecule has 0 spiro atoms. The summed E-state index contributed by atoms with van der Waals surface area (Å²) in [5, 5.41) is 8.57. The van der Waals surface area contributed by atoms with Gasteiger partial charge in [0.25, 0.3) is 0 Å². The summed E-state index contributed by atoms with van der Waals surface area (Å²) in [7, 11) is 0. The summed E-state index contributed by atoms with van der Waals surface area (Å²) in [6, 6.07) is 3.88. The molecule has 0 amide bonds. The van der Waals surface area contributed by atoms with Crippen molar-refractivity contribution in [3.8, 4) is 6.07 Å². The zero-order valence-corrected chi connectivity index (χ0v) is 6.05. The van der Waals surface area contributed by atoms with Gasteiger partial charge >= 0.3 is 0 Å². The van der Waals surface area contributed by atoms with E-state index in [0.717, 1.165) is 11.3 Å². The van der Waals surface area contributed by atoms with E-state index in [1.807, 2.05) is 13.8 Å². The Labute approximate surface area is 60.1 Å². The lowest BCUT2D eigenvalue weighted by molar-refractivity contribution is 1.16. The third kappa shape index (κ3) is 1.14. The molecule has 50 valence electrons. The van der Waals surface area contributed by atoms with Gasteiger partial charge in [0.1, 0.15) is 0 Å². The van der Waals surface area contributed by atoms with Crippen LogP contribution in [0.1, 0.15) is 16.8 Å². The van der Waals surface area contributed by atoms with E-state index in [9.17, 15) is 0 Å². The summed E-state index contributed by atoms with van der Waals surface area (Å²) in [5.74, 6) is 0. The van der Waals surface area contributed by atoms with Crippen molar-refractivity contribution in [3.63, 3.8) is 0 Å². The van der Waals surface area contributed by atoms with Crippen molar-refractivity contribution in [2.45, 2.75) is 13.8 Å². The number of nitriles is 1. The van der Waals surface area contributed by atoms with Crippen LogP contribution in [0.3, 0.4) is 0 Å². The van der Waals surface area contributed by atoms with Crippen LogP contribution in [0.25, 0.3) is 0 Å². The molecule has 1 aromatic heterocycles. The number of hydrogen-bond acceptors (Lipinski definition) is 2. The highest BCUT2D eigenvalue weighted by atomic mass is 14.7. The van der Waals surface area contributed by atoms with Crippen LogP contribution in [-0.2, 0) is 0 Å². The fourth-order valence-corrected chi connectivity index (χ4v) is 0.749. The molecule has 0 aromatic carbocycles. The second kappa shape index (κ2) is 2.49. The quantitative estimate of drug-likeness (QED) is 0.537. The predicted molar refractivity (Wildman–Crippen MR) is 38.4 cm³/mol. The number of rotatable bonds is 0. The van der Waals surface area contributed by atoms with Gasteiger partial charge in [-0.15, -0.1) is 0 Å². The standard InChI is InChI=1S/C8H8N2/c1-6-5-10-7(2)3-8(6)4-9/h3,5H,1-2H3. The van der Waals surface area contributed by atoms with Crippen molar-refractivity contribution in [1.82, 2.24) is 4.98 Å². The van der Waals surface area contributed by atoms with Gasteiger partial charge in [0.2, 0.25) is 0 Å². The molecule has 0 unspecified atom stereocenters. The number of hydrogen-bond donors (Lipinski definition) is 0. The lowest BCUT2D eigenvalue weighted by atomic mass is 10.1. The Morgan fingerprint density at radius 1 is 1.50 bits per heavy atom. The number of nitrogens with zero attached hydrogens (tertiary/aromatic N) is 2. The maximum atomic E-state index is 8.57. The molecule has 0 atom stereocenters. The number of aryl methyl sites for hydroxylation is 2. The first-order chi connectivity index (χ1) is 4.74. The van der Waals surface area contributed by atoms with Crippen LogP contribution < -0.4 is 0 Å². The van der Waals surface area contributed by atoms with Crippen molar-refractivity contribution in [1.29, 1.82) is 5.26 Å². The van der Waals surface area contributed by atoms with Gasteiger partial charge in [0.05, 0.1) is 11.6 Å². The van der Waals surface area contributed by atoms with Gasteiger partial charge in [0, 0.05) is 11.9 Å². The third-order valence-electron chi connectivity index (χ3n) is 1.36. The Morgan fingerprint density at radius 2 is 2.20 bits per heavy atom. The van der Waals surface area contributed by atoms with E-state index < -0.39 is 0 Å². The van der Waals surface area contributed by atoms with Crippen molar-refractivity contribution in [2.24, 2.45) is 0 Å². The van der Waals surface area contributed by atoms with Crippen LogP contribution >= 0.6 is 0 Å². The number of aromatic nitrogens is 1. The highest BCUT2D eigenvalue weighted by Gasteiger charge is 1.95. The van der Waals surface area contributed by atoms with Crippen LogP contribution in [0.4, 0.5) is 0 Å². The Hall–Kier alpha value is -1.36. The van der Waals surface area contributed by atoms with Crippen LogP contribution in [0.15, 0.2) is 12.3 Å². The maximum absolute atomic E-state index is 8.57. The van der Waals surface area contributed by atoms with Crippen LogP contribution in [0.5, 0.6) is 0 Å². The predicted octanol–water partition coefficient (Wildman–Crippen LogP) is 1.57. The Kier molecular flexibility index (Phi) is 1.68. The fourth-order valence-electron chi connectivity index (χ4n) is 0.749. The summed E-state index contributed by atoms with van der Waals surface area (Å²) in [6.07, 6.45) is 1.72. The van der Waals surface area contributed by atoms with Crippen LogP contribution in [-0.4, -0.2) is 4.98 Å². The molecule has 10 heavy (non-hydrogen) atoms. The van der Waals surface area contributed by atoms with Gasteiger partial charge < -0.3 is 0 Å². The zero-order valence-electron chi connectivity index (χ0n) is 6.05. The van der Waals surface area contributed by atoms with E-state index >= 15 is 0 Å². The lowest BCUT2D eigenvalue weighted by Gasteiger charge is -1.95. The minimum Gasteiger partial charge on any atom is -0.261 e. The van der Waals surface area contributed by atoms with E-state index in [1.165, 1.54) is 0 Å². The molecule has 0 radical (unpaired) electrons. The van der Waals surface area contributed by atoms with Gasteiger partial charge in [0.15, 0.2) is 0 Å². The highest BCUT2D eigenvalue weighted by Crippen LogP contribution is 2.04. The molecule has 1 rings (SSSR count). The average molecular weight is 132 g/mol. The van der Waals surface area contributed by atoms with Crippen molar-refractivity contribution >= 4 is 0 Å². The van der Waals surface area contributed by atoms with Gasteiger partial charge in [-0.05, 0) is 25.5 Å². The van der Waals surface area contributed by atoms with Gasteiger partial charge in [-0.1, -0.05) is 0 Å². The molecule has 0 aliphatic carbocycles. The summed E-state index contributed by atoms with van der Waals surface area (Å²) in [4.78, 5) is 4.04. The summed E-state index contributed by atoms with van der Waals surface area (Å²) >= 11 is 0. The molecule has 0 fully saturated rings. The molecular formula is C8H8N2. The largest absolute Gasteiger partial charge is 0.261 e. The van der Waals surface area contributed by atoms with Crippen molar-refractivity contribution in [2.75, 3.05) is 0 Å². The van der Waals surface area contributed by atoms with Gasteiger partial charge in [-0.25, -0.2) is 0 Å². The molecule has 0 aliphatic rings. The third-order valence-corrected chi connectivity index (χ3v) is 1.36. The topological polar surface area (TPSA) is 36.7 Å². The SMILES string of the molecule is Cc1cc(C#N)c(C)cn1. The monoisotopic (exact) mass is 132 g/mol. The highest BCUT2D eigenvalue weighted by molar-refractivity contribution is 5.35. The van der Waals surface area contributed by atoms with Crippen molar-refractivity contribution in [3.05, 3.63) is 29.1 Å². The number of pyridine rings is 1. The van der Waals surface area contributed by atoms with E-state index in [4.69, 9.17) is 5.26 Å². The van der Waals surface area contributed by atoms with E-state index in [1.54, 1.807) is 12.3 Å². The van der Waals surface area contributed by atoms with Gasteiger partial charge in [-0.2, -0.15) is 5.26 Å². The summed E-state index contributed by atoms with van der Waals surface area (Å²) < 4.78 is 0. The average Bonchev–Trinajstić information content (AvgIpc) is 1.94. The zero-order chi connectivity index (χ0) is 7.56. The fraction of sp³-hybridized carbons (Fsp3) is 0.250. The molecule has 0 aliphatic heterocycles. The smallest absolute Gasteiger partial charge is 0.0995 e. The molecule has 0 bridgehead atoms. The minimum absolute atomic E-state index is 0.715. The summed E-state index contributed by atoms with van der Waals surface area (Å²) in [6.45, 7) is 3.76. The van der Waals surface area contributed by atoms with E-state index in [-0.39, 0.29) is 0 Å². The van der Waals surface area contributed by atoms with Gasteiger partial charge in [-0.3, -0.25) is 4.98 Å². The van der Waals surface area contributed by atoms with Crippen LogP contribution in [0, 0.1) is 25.2 Å². The molecule has 2 heteroatoms. The molecule has 0 saturated carbocycles. The first kappa shape index (κ1) is 6.76. The second-order valence-corrected chi connectivity index (χ2v) is 2.25. The Bertz CT molecular complexity index is 284. The molecule has 1 aromatic rings. The molecule has 0 N–H and O–H groups in total.